The lowest BCUT2D eigenvalue weighted by Crippen LogP contribution is -2.40. The summed E-state index contributed by atoms with van der Waals surface area (Å²) in [6, 6.07) is 11.8. The lowest BCUT2D eigenvalue weighted by molar-refractivity contribution is -0.121. The number of guanidine groups is 1. The van der Waals surface area contributed by atoms with E-state index in [4.69, 9.17) is 11.6 Å². The lowest BCUT2D eigenvalue weighted by atomic mass is 10.2. The normalized spacial score (nSPS) is 10.9. The Labute approximate surface area is 183 Å². The lowest BCUT2D eigenvalue weighted by Gasteiger charge is -2.22. The number of carbonyl (C=O) groups excluding carboxylic acids is 1. The molecule has 0 aliphatic heterocycles. The molecule has 1 amide bonds. The van der Waals surface area contributed by atoms with E-state index >= 15 is 0 Å². The van der Waals surface area contributed by atoms with Gasteiger partial charge in [0.15, 0.2) is 5.96 Å². The molecule has 8 heteroatoms. The molecule has 0 radical (unpaired) electrons. The molecule has 2 rings (SSSR count). The number of carbonyl (C=O) groups is 1. The van der Waals surface area contributed by atoms with Crippen molar-refractivity contribution in [2.45, 2.75) is 19.5 Å². The molecular weight excluding hydrogens is 477 g/mol. The Morgan fingerprint density at radius 3 is 2.56 bits per heavy atom. The summed E-state index contributed by atoms with van der Waals surface area (Å²) < 4.78 is 1.99. The van der Waals surface area contributed by atoms with Gasteiger partial charge in [0.05, 0.1) is 11.6 Å². The number of aryl methyl sites for hydroxylation is 1. The predicted molar refractivity (Wildman–Crippen MR) is 122 cm³/mol. The molecular formula is C19H27ClIN5O. The second-order valence-electron chi connectivity index (χ2n) is 6.10. The Bertz CT molecular complexity index is 748. The van der Waals surface area contributed by atoms with E-state index in [9.17, 15) is 4.79 Å². The Morgan fingerprint density at radius 2 is 1.96 bits per heavy atom. The van der Waals surface area contributed by atoms with E-state index < -0.39 is 0 Å². The molecule has 0 bridgehead atoms. The smallest absolute Gasteiger partial charge is 0.222 e. The summed E-state index contributed by atoms with van der Waals surface area (Å²) in [6.07, 6.45) is 2.26. The average Bonchev–Trinajstić information content (AvgIpc) is 2.94. The molecule has 0 unspecified atom stereocenters. The summed E-state index contributed by atoms with van der Waals surface area (Å²) in [5.74, 6) is 0.742. The van der Waals surface area contributed by atoms with Crippen LogP contribution in [0.15, 0.2) is 47.6 Å². The number of halogens is 2. The summed E-state index contributed by atoms with van der Waals surface area (Å²) in [7, 11) is 5.64. The maximum Gasteiger partial charge on any atom is 0.222 e. The SMILES string of the molecule is CN=C(NCCC(=O)NCc1ccccc1)N(C)Cc1cc(Cl)cn1C.I. The standard InChI is InChI=1S/C19H26ClN5O.HI/c1-21-19(25(3)14-17-11-16(20)13-24(17)2)22-10-9-18(26)23-12-15-7-5-4-6-8-15;/h4-8,11,13H,9-10,12,14H2,1-3H3,(H,21,22)(H,23,26);1H. The second-order valence-corrected chi connectivity index (χ2v) is 6.54. The molecule has 0 aliphatic carbocycles. The molecule has 0 spiro atoms. The predicted octanol–water partition coefficient (Wildman–Crippen LogP) is 3.01. The van der Waals surface area contributed by atoms with Crippen molar-refractivity contribution >= 4 is 47.4 Å². The third kappa shape index (κ3) is 7.80. The van der Waals surface area contributed by atoms with Crippen molar-refractivity contribution in [2.75, 3.05) is 20.6 Å². The number of benzene rings is 1. The molecule has 6 nitrogen and oxygen atoms in total. The molecule has 0 atom stereocenters. The molecule has 0 fully saturated rings. The largest absolute Gasteiger partial charge is 0.356 e. The zero-order chi connectivity index (χ0) is 18.9. The molecule has 2 aromatic rings. The Balaban J connectivity index is 0.00000364. The van der Waals surface area contributed by atoms with E-state index in [1.54, 1.807) is 7.05 Å². The zero-order valence-electron chi connectivity index (χ0n) is 15.9. The first-order valence-corrected chi connectivity index (χ1v) is 8.90. The Kier molecular flexibility index (Phi) is 10.2. The van der Waals surface area contributed by atoms with Crippen molar-refractivity contribution in [2.24, 2.45) is 12.0 Å². The maximum atomic E-state index is 12.0. The first-order chi connectivity index (χ1) is 12.5. The minimum absolute atomic E-state index is 0. The fourth-order valence-electron chi connectivity index (χ4n) is 2.60. The van der Waals surface area contributed by atoms with E-state index in [1.807, 2.05) is 66.2 Å². The molecule has 0 saturated heterocycles. The number of hydrogen-bond acceptors (Lipinski definition) is 2. The Morgan fingerprint density at radius 1 is 1.26 bits per heavy atom. The highest BCUT2D eigenvalue weighted by Crippen LogP contribution is 2.14. The van der Waals surface area contributed by atoms with Crippen LogP contribution in [0.1, 0.15) is 17.7 Å². The van der Waals surface area contributed by atoms with Gasteiger partial charge in [-0.05, 0) is 11.6 Å². The number of amides is 1. The van der Waals surface area contributed by atoms with Gasteiger partial charge in [0.2, 0.25) is 5.91 Å². The zero-order valence-corrected chi connectivity index (χ0v) is 19.0. The minimum Gasteiger partial charge on any atom is -0.356 e. The van der Waals surface area contributed by atoms with Crippen LogP contribution in [0, 0.1) is 0 Å². The van der Waals surface area contributed by atoms with Gasteiger partial charge in [0.1, 0.15) is 0 Å². The van der Waals surface area contributed by atoms with Crippen LogP contribution in [-0.2, 0) is 24.9 Å². The first-order valence-electron chi connectivity index (χ1n) is 8.52. The molecule has 27 heavy (non-hydrogen) atoms. The van der Waals surface area contributed by atoms with Crippen molar-refractivity contribution in [3.8, 4) is 0 Å². The topological polar surface area (TPSA) is 61.7 Å². The highest BCUT2D eigenvalue weighted by molar-refractivity contribution is 14.0. The van der Waals surface area contributed by atoms with Gasteiger partial charge >= 0.3 is 0 Å². The summed E-state index contributed by atoms with van der Waals surface area (Å²) in [6.45, 7) is 1.73. The molecule has 2 N–H and O–H groups in total. The van der Waals surface area contributed by atoms with Crippen LogP contribution in [-0.4, -0.2) is 42.0 Å². The van der Waals surface area contributed by atoms with E-state index in [0.717, 1.165) is 17.2 Å². The summed E-state index contributed by atoms with van der Waals surface area (Å²) in [4.78, 5) is 18.2. The Hall–Kier alpha value is -1.74. The van der Waals surface area contributed by atoms with Crippen LogP contribution in [0.5, 0.6) is 0 Å². The number of aliphatic imine (C=N–C) groups is 1. The van der Waals surface area contributed by atoms with Crippen molar-refractivity contribution in [3.05, 3.63) is 58.9 Å². The fraction of sp³-hybridized carbons (Fsp3) is 0.368. The van der Waals surface area contributed by atoms with E-state index in [2.05, 4.69) is 15.6 Å². The summed E-state index contributed by atoms with van der Waals surface area (Å²) in [5.41, 5.74) is 2.17. The molecule has 1 aromatic carbocycles. The van der Waals surface area contributed by atoms with Gasteiger partial charge in [-0.3, -0.25) is 9.79 Å². The number of nitrogens with zero attached hydrogens (tertiary/aromatic N) is 3. The number of rotatable bonds is 7. The van der Waals surface area contributed by atoms with Crippen LogP contribution in [0.2, 0.25) is 5.02 Å². The quantitative estimate of drug-likeness (QED) is 0.347. The van der Waals surface area contributed by atoms with Crippen molar-refractivity contribution in [3.63, 3.8) is 0 Å². The number of aromatic nitrogens is 1. The van der Waals surface area contributed by atoms with Crippen LogP contribution in [0.4, 0.5) is 0 Å². The van der Waals surface area contributed by atoms with Gasteiger partial charge in [0.25, 0.3) is 0 Å². The van der Waals surface area contributed by atoms with Crippen LogP contribution in [0.3, 0.4) is 0 Å². The van der Waals surface area contributed by atoms with Gasteiger partial charge in [-0.2, -0.15) is 0 Å². The molecule has 148 valence electrons. The summed E-state index contributed by atoms with van der Waals surface area (Å²) in [5, 5.41) is 6.85. The molecule has 0 aliphatic rings. The van der Waals surface area contributed by atoms with E-state index in [0.29, 0.717) is 31.1 Å². The van der Waals surface area contributed by atoms with Crippen molar-refractivity contribution in [1.29, 1.82) is 0 Å². The van der Waals surface area contributed by atoms with Gasteiger partial charge in [-0.25, -0.2) is 0 Å². The number of hydrogen-bond donors (Lipinski definition) is 2. The third-order valence-electron chi connectivity index (χ3n) is 4.01. The van der Waals surface area contributed by atoms with Gasteiger partial charge < -0.3 is 20.1 Å². The third-order valence-corrected chi connectivity index (χ3v) is 4.22. The van der Waals surface area contributed by atoms with E-state index in [-0.39, 0.29) is 29.9 Å². The maximum absolute atomic E-state index is 12.0. The molecule has 1 aromatic heterocycles. The average molecular weight is 504 g/mol. The van der Waals surface area contributed by atoms with Gasteiger partial charge in [-0.15, -0.1) is 24.0 Å². The highest BCUT2D eigenvalue weighted by atomic mass is 127. The molecule has 1 heterocycles. The summed E-state index contributed by atoms with van der Waals surface area (Å²) >= 11 is 6.03. The number of nitrogens with one attached hydrogen (secondary N) is 2. The van der Waals surface area contributed by atoms with Crippen molar-refractivity contribution < 1.29 is 4.79 Å². The molecule has 0 saturated carbocycles. The monoisotopic (exact) mass is 503 g/mol. The fourth-order valence-corrected chi connectivity index (χ4v) is 2.87. The van der Waals surface area contributed by atoms with Crippen molar-refractivity contribution in [1.82, 2.24) is 20.1 Å². The van der Waals surface area contributed by atoms with Crippen LogP contribution < -0.4 is 10.6 Å². The minimum atomic E-state index is 0. The van der Waals surface area contributed by atoms with Crippen LogP contribution in [0.25, 0.3) is 0 Å². The second kappa shape index (κ2) is 11.9. The highest BCUT2D eigenvalue weighted by Gasteiger charge is 2.10. The van der Waals surface area contributed by atoms with Gasteiger partial charge in [0, 0.05) is 52.5 Å². The first kappa shape index (κ1) is 23.3. The van der Waals surface area contributed by atoms with Crippen LogP contribution >= 0.6 is 35.6 Å². The van der Waals surface area contributed by atoms with E-state index in [1.165, 1.54) is 0 Å². The van der Waals surface area contributed by atoms with Gasteiger partial charge in [-0.1, -0.05) is 41.9 Å².